The molecule has 6 nitrogen and oxygen atoms in total. The van der Waals surface area contributed by atoms with Crippen LogP contribution in [-0.4, -0.2) is 22.2 Å². The van der Waals surface area contributed by atoms with Gasteiger partial charge in [0.1, 0.15) is 11.5 Å². The number of aromatic hydroxyl groups is 2. The van der Waals surface area contributed by atoms with Crippen LogP contribution in [0.3, 0.4) is 0 Å². The predicted molar refractivity (Wildman–Crippen MR) is 77.3 cm³/mol. The van der Waals surface area contributed by atoms with E-state index in [1.165, 1.54) is 24.3 Å². The van der Waals surface area contributed by atoms with Crippen molar-refractivity contribution in [3.8, 4) is 11.5 Å². The first-order valence-electron chi connectivity index (χ1n) is 6.30. The van der Waals surface area contributed by atoms with Crippen LogP contribution in [-0.2, 0) is 4.74 Å². The number of ether oxygens (including phenoxy) is 1. The summed E-state index contributed by atoms with van der Waals surface area (Å²) in [7, 11) is 0. The maximum absolute atomic E-state index is 12.4. The molecule has 2 N–H and O–H groups in total. The Labute approximate surface area is 120 Å². The molecule has 21 heavy (non-hydrogen) atoms. The molecule has 106 valence electrons. The smallest absolute Gasteiger partial charge is 0.508 e. The molecule has 0 saturated heterocycles. The number of phenols is 2. The predicted octanol–water partition coefficient (Wildman–Crippen LogP) is 3.22. The highest BCUT2D eigenvalue weighted by molar-refractivity contribution is 6.02. The molecular formula is C15H13N2O4+. The Balaban J connectivity index is 2.23. The summed E-state index contributed by atoms with van der Waals surface area (Å²) in [5.74, 6) is 0.438. The Hall–Kier alpha value is -2.86. The fraction of sp³-hybridized carbons (Fsp3) is 0.0667. The lowest BCUT2D eigenvalue weighted by Crippen LogP contribution is -2.40. The van der Waals surface area contributed by atoms with E-state index < -0.39 is 10.7 Å². The minimum absolute atomic E-state index is 0.0934. The zero-order chi connectivity index (χ0) is 15.0. The summed E-state index contributed by atoms with van der Waals surface area (Å²) in [6.45, 7) is 1.60. The number of hydrogen-bond acceptors (Lipinski definition) is 5. The molecule has 0 aromatic heterocycles. The maximum atomic E-state index is 12.4. The monoisotopic (exact) mass is 285 g/mol. The van der Waals surface area contributed by atoms with E-state index in [-0.39, 0.29) is 17.4 Å². The largest absolute Gasteiger partial charge is 0.561 e. The quantitative estimate of drug-likeness (QED) is 0.830. The number of amides is 1. The van der Waals surface area contributed by atoms with Crippen LogP contribution < -0.4 is 4.59 Å². The van der Waals surface area contributed by atoms with E-state index in [4.69, 9.17) is 4.74 Å². The van der Waals surface area contributed by atoms with Gasteiger partial charge in [-0.25, -0.2) is 0 Å². The second-order valence-corrected chi connectivity index (χ2v) is 4.66. The van der Waals surface area contributed by atoms with Crippen molar-refractivity contribution in [2.24, 2.45) is 5.10 Å². The van der Waals surface area contributed by atoms with E-state index in [2.05, 4.69) is 5.10 Å². The van der Waals surface area contributed by atoms with Crippen LogP contribution in [0.1, 0.15) is 6.92 Å². The number of nitrogens with zero attached hydrogens (tertiary/aromatic N) is 2. The molecular weight excluding hydrogens is 272 g/mol. The van der Waals surface area contributed by atoms with Gasteiger partial charge in [0.25, 0.3) is 5.90 Å². The van der Waals surface area contributed by atoms with Crippen molar-refractivity contribution < 1.29 is 19.7 Å². The fourth-order valence-corrected chi connectivity index (χ4v) is 2.28. The Kier molecular flexibility index (Phi) is 2.88. The van der Waals surface area contributed by atoms with Crippen molar-refractivity contribution in [3.63, 3.8) is 0 Å². The van der Waals surface area contributed by atoms with Crippen molar-refractivity contribution in [2.45, 2.75) is 6.92 Å². The molecule has 0 aliphatic carbocycles. The van der Waals surface area contributed by atoms with E-state index in [9.17, 15) is 15.0 Å². The first kappa shape index (κ1) is 13.1. The minimum atomic E-state index is -0.566. The fourth-order valence-electron chi connectivity index (χ4n) is 2.28. The van der Waals surface area contributed by atoms with Crippen LogP contribution in [0, 0.1) is 0 Å². The topological polar surface area (TPSA) is 79.1 Å². The molecule has 0 bridgehead atoms. The number of rotatable bonds is 2. The van der Waals surface area contributed by atoms with Crippen LogP contribution in [0.15, 0.2) is 53.6 Å². The van der Waals surface area contributed by atoms with E-state index >= 15 is 0 Å². The molecule has 0 saturated carbocycles. The summed E-state index contributed by atoms with van der Waals surface area (Å²) >= 11 is 0. The number of hydrogen-bond donors (Lipinski definition) is 2. The van der Waals surface area contributed by atoms with Crippen molar-refractivity contribution in [1.29, 1.82) is 0 Å². The summed E-state index contributed by atoms with van der Waals surface area (Å²) in [4.78, 5) is 12.4. The van der Waals surface area contributed by atoms with Crippen LogP contribution in [0.2, 0.25) is 0 Å². The highest BCUT2D eigenvalue weighted by Gasteiger charge is 2.50. The van der Waals surface area contributed by atoms with Crippen molar-refractivity contribution in [1.82, 2.24) is 4.59 Å². The van der Waals surface area contributed by atoms with Gasteiger partial charge in [-0.2, -0.15) is 4.79 Å². The third kappa shape index (κ3) is 2.02. The van der Waals surface area contributed by atoms with Crippen molar-refractivity contribution >= 4 is 23.4 Å². The van der Waals surface area contributed by atoms with Gasteiger partial charge >= 0.3 is 6.09 Å². The van der Waals surface area contributed by atoms with E-state index in [1.807, 2.05) is 0 Å². The van der Waals surface area contributed by atoms with Crippen molar-refractivity contribution in [3.05, 3.63) is 48.5 Å². The number of phenolic OH excluding ortho intramolecular Hbond substituents is 2. The lowest BCUT2D eigenvalue weighted by atomic mass is 10.2. The average molecular weight is 285 g/mol. The second kappa shape index (κ2) is 4.60. The lowest BCUT2D eigenvalue weighted by molar-refractivity contribution is 0.184. The highest BCUT2D eigenvalue weighted by atomic mass is 16.6. The summed E-state index contributed by atoms with van der Waals surface area (Å²) in [5, 5.41) is 23.2. The molecule has 1 amide bonds. The standard InChI is InChI=1S/C15H12N2O4/c1-10-16-17(15(20)21-10,11-2-6-13(18)7-3-11)12-4-8-14(19)9-5-12/h2-9H,1H3,(H-,18,19)/p+1. The van der Waals surface area contributed by atoms with E-state index in [0.717, 1.165) is 0 Å². The summed E-state index contributed by atoms with van der Waals surface area (Å²) in [6, 6.07) is 12.3. The molecule has 0 unspecified atom stereocenters. The first-order chi connectivity index (χ1) is 10.0. The van der Waals surface area contributed by atoms with Gasteiger partial charge in [0, 0.05) is 31.2 Å². The Morgan fingerprint density at radius 1 is 0.905 bits per heavy atom. The van der Waals surface area contributed by atoms with Gasteiger partial charge in [0.15, 0.2) is 11.4 Å². The zero-order valence-electron chi connectivity index (χ0n) is 11.2. The Bertz CT molecular complexity index is 675. The lowest BCUT2D eigenvalue weighted by Gasteiger charge is -2.21. The third-order valence-electron chi connectivity index (χ3n) is 3.24. The molecule has 1 heterocycles. The van der Waals surface area contributed by atoms with Gasteiger partial charge in [-0.15, -0.1) is 0 Å². The van der Waals surface area contributed by atoms with Gasteiger partial charge in [-0.1, -0.05) is 0 Å². The van der Waals surface area contributed by atoms with E-state index in [0.29, 0.717) is 11.4 Å². The van der Waals surface area contributed by atoms with Gasteiger partial charge in [-0.05, 0) is 34.0 Å². The molecule has 1 aliphatic heterocycles. The molecule has 1 aliphatic rings. The maximum Gasteiger partial charge on any atom is 0.561 e. The van der Waals surface area contributed by atoms with Gasteiger partial charge < -0.3 is 14.9 Å². The Morgan fingerprint density at radius 3 is 1.67 bits per heavy atom. The molecule has 2 aromatic carbocycles. The SMILES string of the molecule is CC1=N[N+](c2ccc(O)cc2)(c2ccc(O)cc2)C(=O)O1. The second-order valence-electron chi connectivity index (χ2n) is 4.66. The molecule has 0 atom stereocenters. The molecule has 0 fully saturated rings. The number of benzene rings is 2. The minimum Gasteiger partial charge on any atom is -0.508 e. The summed E-state index contributed by atoms with van der Waals surface area (Å²) in [6.07, 6.45) is -0.566. The molecule has 2 aromatic rings. The van der Waals surface area contributed by atoms with Crippen LogP contribution in [0.25, 0.3) is 0 Å². The third-order valence-corrected chi connectivity index (χ3v) is 3.24. The van der Waals surface area contributed by atoms with Crippen molar-refractivity contribution in [2.75, 3.05) is 0 Å². The summed E-state index contributed by atoms with van der Waals surface area (Å²) < 4.78 is 4.61. The normalized spacial score (nSPS) is 16.4. The molecule has 6 heteroatoms. The van der Waals surface area contributed by atoms with Crippen LogP contribution in [0.4, 0.5) is 16.2 Å². The molecule has 0 spiro atoms. The van der Waals surface area contributed by atoms with Gasteiger partial charge in [-0.3, -0.25) is 0 Å². The summed E-state index contributed by atoms with van der Waals surface area (Å²) in [5.41, 5.74) is 1.06. The Morgan fingerprint density at radius 2 is 1.33 bits per heavy atom. The average Bonchev–Trinajstić information content (AvgIpc) is 2.76. The zero-order valence-corrected chi connectivity index (χ0v) is 11.2. The highest BCUT2D eigenvalue weighted by Crippen LogP contribution is 2.40. The number of cyclic esters (lactones) is 1. The van der Waals surface area contributed by atoms with Gasteiger partial charge in [0.05, 0.1) is 0 Å². The van der Waals surface area contributed by atoms with Crippen LogP contribution in [0.5, 0.6) is 11.5 Å². The number of quaternary nitrogens is 1. The van der Waals surface area contributed by atoms with E-state index in [1.54, 1.807) is 31.2 Å². The van der Waals surface area contributed by atoms with Gasteiger partial charge in [0.2, 0.25) is 0 Å². The molecule has 3 rings (SSSR count). The molecule has 0 radical (unpaired) electrons. The first-order valence-corrected chi connectivity index (χ1v) is 6.30. The number of carbonyl (C=O) groups is 1. The number of carbonyl (C=O) groups excluding carboxylic acids is 1. The van der Waals surface area contributed by atoms with Crippen LogP contribution >= 0.6 is 0 Å².